The van der Waals surface area contributed by atoms with Crippen molar-refractivity contribution in [1.82, 2.24) is 5.32 Å². The number of benzene rings is 1. The van der Waals surface area contributed by atoms with Crippen LogP contribution in [0, 0.1) is 0 Å². The minimum Gasteiger partial charge on any atom is -0.354 e. The number of ether oxygens (including phenoxy) is 1. The van der Waals surface area contributed by atoms with E-state index in [0.717, 1.165) is 6.42 Å². The highest BCUT2D eigenvalue weighted by Crippen LogP contribution is 2.31. The Kier molecular flexibility index (Phi) is 2.81. The van der Waals surface area contributed by atoms with Gasteiger partial charge < -0.3 is 4.74 Å². The van der Waals surface area contributed by atoms with Crippen LogP contribution in [-0.2, 0) is 11.2 Å². The summed E-state index contributed by atoms with van der Waals surface area (Å²) < 4.78 is 6.01. The summed E-state index contributed by atoms with van der Waals surface area (Å²) in [6.45, 7) is 8.48. The topological polar surface area (TPSA) is 21.3 Å². The van der Waals surface area contributed by atoms with Crippen LogP contribution < -0.4 is 5.32 Å². The average Bonchev–Trinajstić information content (AvgIpc) is 2.36. The summed E-state index contributed by atoms with van der Waals surface area (Å²) in [6, 6.07) is 10.9. The van der Waals surface area contributed by atoms with Crippen LogP contribution in [-0.4, -0.2) is 17.4 Å². The van der Waals surface area contributed by atoms with E-state index in [2.05, 4.69) is 63.3 Å². The fourth-order valence-electron chi connectivity index (χ4n) is 2.50. The SMILES string of the molecule is CC1(C)N[C@@H](Cc2ccccc2)C(C)(C)O1. The van der Waals surface area contributed by atoms with Gasteiger partial charge in [-0.15, -0.1) is 0 Å². The van der Waals surface area contributed by atoms with Crippen molar-refractivity contribution < 1.29 is 4.74 Å². The molecule has 0 bridgehead atoms. The molecule has 16 heavy (non-hydrogen) atoms. The summed E-state index contributed by atoms with van der Waals surface area (Å²) in [5, 5.41) is 3.55. The second-order valence-corrected chi connectivity index (χ2v) is 5.60. The normalized spacial score (nSPS) is 26.9. The summed E-state index contributed by atoms with van der Waals surface area (Å²) in [6.07, 6.45) is 1.01. The molecule has 1 fully saturated rings. The molecule has 1 aromatic rings. The third-order valence-corrected chi connectivity index (χ3v) is 3.16. The number of hydrogen-bond acceptors (Lipinski definition) is 2. The summed E-state index contributed by atoms with van der Waals surface area (Å²) in [7, 11) is 0. The van der Waals surface area contributed by atoms with Crippen LogP contribution in [0.1, 0.15) is 33.3 Å². The van der Waals surface area contributed by atoms with Crippen molar-refractivity contribution >= 4 is 0 Å². The Morgan fingerprint density at radius 1 is 1.12 bits per heavy atom. The van der Waals surface area contributed by atoms with Crippen molar-refractivity contribution in [3.8, 4) is 0 Å². The maximum absolute atomic E-state index is 6.01. The molecule has 0 radical (unpaired) electrons. The molecule has 1 heterocycles. The van der Waals surface area contributed by atoms with Crippen LogP contribution in [0.5, 0.6) is 0 Å². The Labute approximate surface area is 98.0 Å². The summed E-state index contributed by atoms with van der Waals surface area (Å²) in [4.78, 5) is 0. The van der Waals surface area contributed by atoms with Crippen LogP contribution in [0.2, 0.25) is 0 Å². The smallest absolute Gasteiger partial charge is 0.114 e. The summed E-state index contributed by atoms with van der Waals surface area (Å²) in [5.74, 6) is 0. The lowest BCUT2D eigenvalue weighted by Crippen LogP contribution is -2.42. The third-order valence-electron chi connectivity index (χ3n) is 3.16. The van der Waals surface area contributed by atoms with Crippen LogP contribution in [0.25, 0.3) is 0 Å². The highest BCUT2D eigenvalue weighted by molar-refractivity contribution is 5.18. The van der Waals surface area contributed by atoms with Gasteiger partial charge in [0.15, 0.2) is 0 Å². The van der Waals surface area contributed by atoms with E-state index in [9.17, 15) is 0 Å². The first-order valence-electron chi connectivity index (χ1n) is 5.91. The van der Waals surface area contributed by atoms with Crippen molar-refractivity contribution in [1.29, 1.82) is 0 Å². The molecule has 0 saturated carbocycles. The van der Waals surface area contributed by atoms with E-state index in [1.54, 1.807) is 0 Å². The molecule has 2 rings (SSSR count). The Balaban J connectivity index is 2.11. The van der Waals surface area contributed by atoms with E-state index >= 15 is 0 Å². The monoisotopic (exact) mass is 219 g/mol. The zero-order valence-corrected chi connectivity index (χ0v) is 10.6. The predicted octanol–water partition coefficient (Wildman–Crippen LogP) is 2.73. The molecule has 1 aliphatic heterocycles. The number of hydrogen-bond donors (Lipinski definition) is 1. The van der Waals surface area contributed by atoms with Crippen LogP contribution >= 0.6 is 0 Å². The van der Waals surface area contributed by atoms with Gasteiger partial charge >= 0.3 is 0 Å². The van der Waals surface area contributed by atoms with Crippen LogP contribution in [0.4, 0.5) is 0 Å². The molecule has 1 aromatic carbocycles. The fourth-order valence-corrected chi connectivity index (χ4v) is 2.50. The van der Waals surface area contributed by atoms with Crippen LogP contribution in [0.15, 0.2) is 30.3 Å². The molecule has 0 aromatic heterocycles. The summed E-state index contributed by atoms with van der Waals surface area (Å²) >= 11 is 0. The highest BCUT2D eigenvalue weighted by atomic mass is 16.5. The van der Waals surface area contributed by atoms with E-state index in [0.29, 0.717) is 6.04 Å². The van der Waals surface area contributed by atoms with E-state index in [1.807, 2.05) is 0 Å². The molecule has 1 N–H and O–H groups in total. The summed E-state index contributed by atoms with van der Waals surface area (Å²) in [5.41, 5.74) is 1.02. The van der Waals surface area contributed by atoms with Gasteiger partial charge in [-0.25, -0.2) is 0 Å². The molecule has 0 spiro atoms. The van der Waals surface area contributed by atoms with Gasteiger partial charge in [0.1, 0.15) is 5.72 Å². The minimum absolute atomic E-state index is 0.112. The van der Waals surface area contributed by atoms with Gasteiger partial charge in [0.05, 0.1) is 5.60 Å². The van der Waals surface area contributed by atoms with E-state index in [-0.39, 0.29) is 11.3 Å². The van der Waals surface area contributed by atoms with Gasteiger partial charge in [0, 0.05) is 6.04 Å². The zero-order valence-electron chi connectivity index (χ0n) is 10.6. The lowest BCUT2D eigenvalue weighted by Gasteiger charge is -2.25. The second kappa shape index (κ2) is 3.86. The molecule has 0 aliphatic carbocycles. The quantitative estimate of drug-likeness (QED) is 0.825. The van der Waals surface area contributed by atoms with Gasteiger partial charge in [-0.2, -0.15) is 0 Å². The molecule has 0 amide bonds. The predicted molar refractivity (Wildman–Crippen MR) is 66.3 cm³/mol. The zero-order chi connectivity index (χ0) is 11.8. The maximum Gasteiger partial charge on any atom is 0.114 e. The van der Waals surface area contributed by atoms with Gasteiger partial charge in [-0.3, -0.25) is 5.32 Å². The molecule has 2 nitrogen and oxygen atoms in total. The molecule has 2 heteroatoms. The molecular weight excluding hydrogens is 198 g/mol. The molecular formula is C14H21NO. The average molecular weight is 219 g/mol. The van der Waals surface area contributed by atoms with Crippen molar-refractivity contribution in [2.45, 2.75) is 51.5 Å². The van der Waals surface area contributed by atoms with E-state index in [1.165, 1.54) is 5.56 Å². The minimum atomic E-state index is -0.219. The van der Waals surface area contributed by atoms with Crippen molar-refractivity contribution in [3.63, 3.8) is 0 Å². The Bertz CT molecular complexity index is 356. The van der Waals surface area contributed by atoms with Gasteiger partial charge in [0.2, 0.25) is 0 Å². The van der Waals surface area contributed by atoms with Gasteiger partial charge in [-0.05, 0) is 39.7 Å². The van der Waals surface area contributed by atoms with E-state index < -0.39 is 0 Å². The third kappa shape index (κ3) is 2.45. The first-order chi connectivity index (χ1) is 7.39. The molecule has 1 atom stereocenters. The van der Waals surface area contributed by atoms with Crippen molar-refractivity contribution in [2.24, 2.45) is 0 Å². The van der Waals surface area contributed by atoms with Gasteiger partial charge in [0.25, 0.3) is 0 Å². The molecule has 0 unspecified atom stereocenters. The lowest BCUT2D eigenvalue weighted by atomic mass is 9.93. The first kappa shape index (κ1) is 11.6. The fraction of sp³-hybridized carbons (Fsp3) is 0.571. The largest absolute Gasteiger partial charge is 0.354 e. The lowest BCUT2D eigenvalue weighted by molar-refractivity contribution is -0.0725. The van der Waals surface area contributed by atoms with Gasteiger partial charge in [-0.1, -0.05) is 30.3 Å². The number of nitrogens with one attached hydrogen (secondary N) is 1. The van der Waals surface area contributed by atoms with Crippen molar-refractivity contribution in [2.75, 3.05) is 0 Å². The Morgan fingerprint density at radius 3 is 2.25 bits per heavy atom. The van der Waals surface area contributed by atoms with E-state index in [4.69, 9.17) is 4.74 Å². The van der Waals surface area contributed by atoms with Crippen molar-refractivity contribution in [3.05, 3.63) is 35.9 Å². The molecule has 88 valence electrons. The molecule has 1 aliphatic rings. The first-order valence-corrected chi connectivity index (χ1v) is 5.91. The molecule has 1 saturated heterocycles. The Morgan fingerprint density at radius 2 is 1.75 bits per heavy atom. The number of rotatable bonds is 2. The second-order valence-electron chi connectivity index (χ2n) is 5.60. The maximum atomic E-state index is 6.01. The Hall–Kier alpha value is -0.860. The van der Waals surface area contributed by atoms with Crippen LogP contribution in [0.3, 0.4) is 0 Å². The highest BCUT2D eigenvalue weighted by Gasteiger charge is 2.44. The standard InChI is InChI=1S/C14H21NO/c1-13(2)12(15-14(3,4)16-13)10-11-8-6-5-7-9-11/h5-9,12,15H,10H2,1-4H3/t12-/m0/s1.